The van der Waals surface area contributed by atoms with E-state index in [0.717, 1.165) is 31.3 Å². The third kappa shape index (κ3) is 2.44. The first-order valence-electron chi connectivity index (χ1n) is 5.24. The smallest absolute Gasteiger partial charge is 0.254 e. The highest BCUT2D eigenvalue weighted by Gasteiger charge is 2.26. The summed E-state index contributed by atoms with van der Waals surface area (Å²) < 4.78 is 0. The Hall–Kier alpha value is -1.12. The van der Waals surface area contributed by atoms with Crippen molar-refractivity contribution in [2.75, 3.05) is 0 Å². The van der Waals surface area contributed by atoms with Crippen molar-refractivity contribution in [2.45, 2.75) is 46.0 Å². The average molecular weight is 195 g/mol. The SMILES string of the molecule is CCCC(CCC)=C1CC(=O)NC1=O. The first kappa shape index (κ1) is 11.0. The Morgan fingerprint density at radius 3 is 2.14 bits per heavy atom. The van der Waals surface area contributed by atoms with Crippen molar-refractivity contribution in [1.29, 1.82) is 0 Å². The maximum atomic E-state index is 11.4. The van der Waals surface area contributed by atoms with Gasteiger partial charge in [-0.2, -0.15) is 0 Å². The minimum atomic E-state index is -0.174. The first-order chi connectivity index (χ1) is 6.69. The summed E-state index contributed by atoms with van der Waals surface area (Å²) in [6.45, 7) is 4.18. The quantitative estimate of drug-likeness (QED) is 0.550. The fraction of sp³-hybridized carbons (Fsp3) is 0.636. The van der Waals surface area contributed by atoms with Crippen molar-refractivity contribution < 1.29 is 9.59 Å². The lowest BCUT2D eigenvalue weighted by molar-refractivity contribution is -0.124. The number of hydrogen-bond donors (Lipinski definition) is 1. The molecule has 0 atom stereocenters. The predicted molar refractivity (Wildman–Crippen MR) is 54.6 cm³/mol. The van der Waals surface area contributed by atoms with Gasteiger partial charge in [-0.3, -0.25) is 14.9 Å². The molecule has 0 aromatic rings. The lowest BCUT2D eigenvalue weighted by atomic mass is 9.98. The maximum absolute atomic E-state index is 11.4. The number of rotatable bonds is 4. The van der Waals surface area contributed by atoms with Crippen LogP contribution in [0.15, 0.2) is 11.1 Å². The Morgan fingerprint density at radius 2 is 1.79 bits per heavy atom. The zero-order chi connectivity index (χ0) is 10.6. The molecule has 0 aliphatic carbocycles. The minimum absolute atomic E-state index is 0.158. The van der Waals surface area contributed by atoms with E-state index in [4.69, 9.17) is 0 Å². The van der Waals surface area contributed by atoms with Crippen LogP contribution in [0.25, 0.3) is 0 Å². The highest BCUT2D eigenvalue weighted by atomic mass is 16.2. The molecule has 2 amide bonds. The van der Waals surface area contributed by atoms with Gasteiger partial charge in [-0.25, -0.2) is 0 Å². The molecule has 0 saturated carbocycles. The molecular formula is C11H17NO2. The van der Waals surface area contributed by atoms with Gasteiger partial charge in [0.05, 0.1) is 6.42 Å². The summed E-state index contributed by atoms with van der Waals surface area (Å²) >= 11 is 0. The fourth-order valence-corrected chi connectivity index (χ4v) is 1.80. The summed E-state index contributed by atoms with van der Waals surface area (Å²) in [7, 11) is 0. The second-order valence-corrected chi connectivity index (χ2v) is 3.64. The summed E-state index contributed by atoms with van der Waals surface area (Å²) in [4.78, 5) is 22.4. The van der Waals surface area contributed by atoms with Gasteiger partial charge in [0.1, 0.15) is 0 Å². The molecule has 3 nitrogen and oxygen atoms in total. The molecule has 14 heavy (non-hydrogen) atoms. The molecule has 0 radical (unpaired) electrons. The molecule has 1 rings (SSSR count). The normalized spacial score (nSPS) is 16.0. The van der Waals surface area contributed by atoms with E-state index in [1.54, 1.807) is 0 Å². The van der Waals surface area contributed by atoms with E-state index < -0.39 is 0 Å². The van der Waals surface area contributed by atoms with Gasteiger partial charge < -0.3 is 0 Å². The molecular weight excluding hydrogens is 178 g/mol. The van der Waals surface area contributed by atoms with Crippen molar-refractivity contribution in [1.82, 2.24) is 5.32 Å². The molecule has 1 fully saturated rings. The van der Waals surface area contributed by atoms with E-state index in [9.17, 15) is 9.59 Å². The molecule has 0 spiro atoms. The third-order valence-electron chi connectivity index (χ3n) is 2.39. The lowest BCUT2D eigenvalue weighted by Crippen LogP contribution is -2.19. The van der Waals surface area contributed by atoms with Crippen LogP contribution in [0.4, 0.5) is 0 Å². The first-order valence-corrected chi connectivity index (χ1v) is 5.24. The molecule has 3 heteroatoms. The van der Waals surface area contributed by atoms with Crippen LogP contribution in [0, 0.1) is 0 Å². The Morgan fingerprint density at radius 1 is 1.21 bits per heavy atom. The number of hydrogen-bond acceptors (Lipinski definition) is 2. The predicted octanol–water partition coefficient (Wildman–Crippen LogP) is 1.93. The molecule has 0 aromatic carbocycles. The summed E-state index contributed by atoms with van der Waals surface area (Å²) in [5, 5.41) is 2.33. The van der Waals surface area contributed by atoms with Crippen molar-refractivity contribution in [2.24, 2.45) is 0 Å². The van der Waals surface area contributed by atoms with Crippen LogP contribution in [-0.2, 0) is 9.59 Å². The summed E-state index contributed by atoms with van der Waals surface area (Å²) in [6.07, 6.45) is 4.21. The largest absolute Gasteiger partial charge is 0.292 e. The lowest BCUT2D eigenvalue weighted by Gasteiger charge is -2.06. The summed E-state index contributed by atoms with van der Waals surface area (Å²) in [5.41, 5.74) is 1.89. The zero-order valence-electron chi connectivity index (χ0n) is 8.85. The van der Waals surface area contributed by atoms with E-state index in [1.165, 1.54) is 5.57 Å². The highest BCUT2D eigenvalue weighted by molar-refractivity contribution is 6.13. The number of imide groups is 1. The third-order valence-corrected chi connectivity index (χ3v) is 2.39. The Labute approximate surface area is 84.6 Å². The van der Waals surface area contributed by atoms with Gasteiger partial charge in [0, 0.05) is 5.57 Å². The molecule has 0 bridgehead atoms. The van der Waals surface area contributed by atoms with Gasteiger partial charge in [0.15, 0.2) is 0 Å². The Kier molecular flexibility index (Phi) is 3.86. The Bertz CT molecular complexity index is 271. The van der Waals surface area contributed by atoms with Crippen LogP contribution < -0.4 is 5.32 Å². The van der Waals surface area contributed by atoms with Crippen LogP contribution in [0.1, 0.15) is 46.0 Å². The monoisotopic (exact) mass is 195 g/mol. The summed E-state index contributed by atoms with van der Waals surface area (Å²) in [5.74, 6) is -0.332. The van der Waals surface area contributed by atoms with E-state index in [0.29, 0.717) is 0 Å². The number of nitrogens with one attached hydrogen (secondary N) is 1. The molecule has 1 saturated heterocycles. The van der Waals surface area contributed by atoms with Crippen LogP contribution in [-0.4, -0.2) is 11.8 Å². The van der Waals surface area contributed by atoms with Gasteiger partial charge in [-0.15, -0.1) is 0 Å². The van der Waals surface area contributed by atoms with E-state index in [-0.39, 0.29) is 18.2 Å². The number of allylic oxidation sites excluding steroid dienone is 1. The van der Waals surface area contributed by atoms with E-state index in [2.05, 4.69) is 19.2 Å². The molecule has 1 heterocycles. The van der Waals surface area contributed by atoms with Gasteiger partial charge >= 0.3 is 0 Å². The number of amides is 2. The standard InChI is InChI=1S/C11H17NO2/c1-3-5-8(6-4-2)9-7-10(13)12-11(9)14/h3-7H2,1-2H3,(H,12,13,14). The van der Waals surface area contributed by atoms with Gasteiger partial charge in [-0.05, 0) is 12.8 Å². The second-order valence-electron chi connectivity index (χ2n) is 3.64. The van der Waals surface area contributed by atoms with Crippen molar-refractivity contribution in [3.8, 4) is 0 Å². The van der Waals surface area contributed by atoms with Crippen molar-refractivity contribution in [3.05, 3.63) is 11.1 Å². The fourth-order valence-electron chi connectivity index (χ4n) is 1.80. The van der Waals surface area contributed by atoms with Crippen molar-refractivity contribution >= 4 is 11.8 Å². The number of carbonyl (C=O) groups excluding carboxylic acids is 2. The van der Waals surface area contributed by atoms with Crippen molar-refractivity contribution in [3.63, 3.8) is 0 Å². The molecule has 1 N–H and O–H groups in total. The van der Waals surface area contributed by atoms with Gasteiger partial charge in [0.2, 0.25) is 5.91 Å². The molecule has 0 aromatic heterocycles. The molecule has 0 unspecified atom stereocenters. The van der Waals surface area contributed by atoms with Crippen LogP contribution in [0.5, 0.6) is 0 Å². The van der Waals surface area contributed by atoms with Crippen LogP contribution in [0.3, 0.4) is 0 Å². The number of carbonyl (C=O) groups is 2. The molecule has 1 aliphatic heterocycles. The van der Waals surface area contributed by atoms with Crippen LogP contribution in [0.2, 0.25) is 0 Å². The van der Waals surface area contributed by atoms with E-state index in [1.807, 2.05) is 0 Å². The maximum Gasteiger partial charge on any atom is 0.254 e. The topological polar surface area (TPSA) is 46.2 Å². The highest BCUT2D eigenvalue weighted by Crippen LogP contribution is 2.22. The second kappa shape index (κ2) is 4.94. The van der Waals surface area contributed by atoms with Crippen LogP contribution >= 0.6 is 0 Å². The zero-order valence-corrected chi connectivity index (χ0v) is 8.85. The minimum Gasteiger partial charge on any atom is -0.292 e. The van der Waals surface area contributed by atoms with Gasteiger partial charge in [0.25, 0.3) is 5.91 Å². The summed E-state index contributed by atoms with van der Waals surface area (Å²) in [6, 6.07) is 0. The van der Waals surface area contributed by atoms with E-state index >= 15 is 0 Å². The molecule has 1 aliphatic rings. The molecule has 78 valence electrons. The average Bonchev–Trinajstić information content (AvgIpc) is 2.45. The van der Waals surface area contributed by atoms with Gasteiger partial charge in [-0.1, -0.05) is 32.3 Å². The Balaban J connectivity index is 2.85.